The fourth-order valence-corrected chi connectivity index (χ4v) is 12.8. The van der Waals surface area contributed by atoms with E-state index in [-0.39, 0.29) is 54.6 Å². The summed E-state index contributed by atoms with van der Waals surface area (Å²) in [5, 5.41) is 2.20. The van der Waals surface area contributed by atoms with E-state index in [1.54, 1.807) is 0 Å². The molecule has 0 fully saturated rings. The van der Waals surface area contributed by atoms with Gasteiger partial charge in [-0.3, -0.25) is 0 Å². The second-order valence-electron chi connectivity index (χ2n) is 27.0. The van der Waals surface area contributed by atoms with Crippen molar-refractivity contribution in [2.45, 2.75) is 130 Å². The van der Waals surface area contributed by atoms with E-state index < -0.39 is 0 Å². The first-order valence-corrected chi connectivity index (χ1v) is 30.3. The van der Waals surface area contributed by atoms with Crippen LogP contribution in [0.4, 0.5) is 22.7 Å². The van der Waals surface area contributed by atoms with Crippen LogP contribution in [0.5, 0.6) is 11.5 Å². The van der Waals surface area contributed by atoms with Crippen molar-refractivity contribution in [1.82, 2.24) is 9.55 Å². The number of benzene rings is 9. The number of para-hydroxylation sites is 1. The van der Waals surface area contributed by atoms with Gasteiger partial charge >= 0.3 is 0 Å². The molecule has 3 heterocycles. The Bertz CT molecular complexity index is 4250. The van der Waals surface area contributed by atoms with Crippen molar-refractivity contribution in [3.05, 3.63) is 270 Å². The Kier molecular flexibility index (Phi) is 16.0. The smallest absolute Gasteiger partial charge is 0.135 e. The maximum Gasteiger partial charge on any atom is 0.135 e. The van der Waals surface area contributed by atoms with Crippen LogP contribution >= 0.6 is 0 Å². The second kappa shape index (κ2) is 23.0. The van der Waals surface area contributed by atoms with Crippen LogP contribution in [-0.2, 0) is 42.7 Å². The number of anilines is 4. The molecule has 6 heteroatoms. The fraction of sp³-hybridized carbons (Fsp3) is 0.250. The zero-order chi connectivity index (χ0) is 59.7. The molecule has 438 valence electrons. The third-order valence-electron chi connectivity index (χ3n) is 17.7. The minimum Gasteiger partial charge on any atom is -0.509 e. The molecule has 0 unspecified atom stereocenters. The summed E-state index contributed by atoms with van der Waals surface area (Å²) in [6.45, 7) is 34.8. The zero-order valence-corrected chi connectivity index (χ0v) is 54.6. The van der Waals surface area contributed by atoms with E-state index in [4.69, 9.17) is 9.72 Å². The third-order valence-corrected chi connectivity index (χ3v) is 17.7. The molecule has 0 radical (unpaired) electrons. The number of ether oxygens (including phenoxy) is 1. The SMILES string of the molecule is CC(C)c1cccc(C(C)C)c1-c1cc(Oc2[c-]c3c(cc2)c2ccccc2n3-c2cc(C(C)(C)c3ccccc3)ccn2)[c-]c(N2[CH-]N(c3cc(-c4ccccc4)cc(C(C)(C)c4ccccc4)c3)c3cc(C(C)(C)C)c(C(C)(C)C)cc32)c1.[Pt]. The van der Waals surface area contributed by atoms with Crippen molar-refractivity contribution in [2.24, 2.45) is 0 Å². The first-order chi connectivity index (χ1) is 40.6. The van der Waals surface area contributed by atoms with Crippen LogP contribution in [0.15, 0.2) is 206 Å². The van der Waals surface area contributed by atoms with Gasteiger partial charge < -0.3 is 19.1 Å². The Morgan fingerprint density at radius 3 is 1.63 bits per heavy atom. The summed E-state index contributed by atoms with van der Waals surface area (Å²) in [7, 11) is 0. The first-order valence-electron chi connectivity index (χ1n) is 30.3. The van der Waals surface area contributed by atoms with Crippen LogP contribution in [0.25, 0.3) is 49.9 Å². The molecule has 0 bridgehead atoms. The number of aromatic nitrogens is 2. The molecule has 11 aromatic rings. The molecule has 2 aromatic heterocycles. The van der Waals surface area contributed by atoms with Crippen molar-refractivity contribution in [3.63, 3.8) is 0 Å². The number of rotatable bonds is 13. The Labute approximate surface area is 526 Å². The molecule has 9 aromatic carbocycles. The molecule has 86 heavy (non-hydrogen) atoms. The van der Waals surface area contributed by atoms with Gasteiger partial charge in [-0.25, -0.2) is 4.98 Å². The molecule has 0 N–H and O–H groups in total. The molecule has 1 aliphatic rings. The predicted molar refractivity (Wildman–Crippen MR) is 358 cm³/mol. The normalized spacial score (nSPS) is 13.0. The van der Waals surface area contributed by atoms with Crippen LogP contribution in [-0.4, -0.2) is 9.55 Å². The van der Waals surface area contributed by atoms with Gasteiger partial charge in [0, 0.05) is 72.2 Å². The molecule has 0 atom stereocenters. The molecule has 1 aliphatic heterocycles. The molecule has 5 nitrogen and oxygen atoms in total. The van der Waals surface area contributed by atoms with Crippen LogP contribution < -0.4 is 14.5 Å². The van der Waals surface area contributed by atoms with Crippen molar-refractivity contribution < 1.29 is 25.8 Å². The van der Waals surface area contributed by atoms with E-state index >= 15 is 0 Å². The topological polar surface area (TPSA) is 33.5 Å². The van der Waals surface area contributed by atoms with Crippen molar-refractivity contribution in [1.29, 1.82) is 0 Å². The van der Waals surface area contributed by atoms with E-state index in [1.807, 2.05) is 6.20 Å². The second-order valence-corrected chi connectivity index (χ2v) is 27.0. The van der Waals surface area contributed by atoms with Crippen molar-refractivity contribution >= 4 is 44.6 Å². The molecule has 0 amide bonds. The van der Waals surface area contributed by atoms with Gasteiger partial charge in [0.1, 0.15) is 5.82 Å². The van der Waals surface area contributed by atoms with Gasteiger partial charge in [0.15, 0.2) is 0 Å². The van der Waals surface area contributed by atoms with Gasteiger partial charge in [-0.15, -0.1) is 53.6 Å². The summed E-state index contributed by atoms with van der Waals surface area (Å²) in [5.74, 6) is 2.53. The molecule has 12 rings (SSSR count). The Morgan fingerprint density at radius 2 is 1.02 bits per heavy atom. The fourth-order valence-electron chi connectivity index (χ4n) is 12.8. The quantitative estimate of drug-likeness (QED) is 0.108. The maximum absolute atomic E-state index is 7.27. The summed E-state index contributed by atoms with van der Waals surface area (Å²) in [4.78, 5) is 9.85. The van der Waals surface area contributed by atoms with E-state index in [9.17, 15) is 0 Å². The Morgan fingerprint density at radius 1 is 0.453 bits per heavy atom. The molecular formula is C80H79N4OPt-3. The number of fused-ring (bicyclic) bond motifs is 4. The monoisotopic (exact) mass is 1310 g/mol. The summed E-state index contributed by atoms with van der Waals surface area (Å²) >= 11 is 0. The first kappa shape index (κ1) is 59.7. The largest absolute Gasteiger partial charge is 0.509 e. The number of hydrogen-bond donors (Lipinski definition) is 0. The summed E-state index contributed by atoms with van der Waals surface area (Å²) < 4.78 is 9.51. The number of pyridine rings is 1. The maximum atomic E-state index is 7.27. The van der Waals surface area contributed by atoms with Gasteiger partial charge in [0.25, 0.3) is 0 Å². The molecule has 0 spiro atoms. The molecule has 0 saturated heterocycles. The summed E-state index contributed by atoms with van der Waals surface area (Å²) in [6, 6.07) is 80.7. The standard InChI is InChI=1S/C80H79N4O.Pt/c1-52(2)65-34-26-35-66(53(3)4)76(65)56-43-62(47-64(44-56)85-63-37-38-68-67-33-24-25-36-71(67)84(72(68)48-63)75-46-59(39-40-81-75)79(11,12)57-29-20-16-21-30-57)83-51-82(73-49-69(77(5,6)7)70(50-74(73)83)78(8,9)10)61-42-55(54-27-18-15-19-28-54)41-60(45-61)80(13,14)58-31-22-17-23-32-58;/h15-46,49-53H,1-14H3;/q-3;. The van der Waals surface area contributed by atoms with Crippen LogP contribution in [0, 0.1) is 18.8 Å². The molecule has 0 aliphatic carbocycles. The van der Waals surface area contributed by atoms with E-state index in [0.717, 1.165) is 61.5 Å². The third kappa shape index (κ3) is 11.1. The Balaban J connectivity index is 0.00000768. The summed E-state index contributed by atoms with van der Waals surface area (Å²) in [6.07, 6.45) is 1.94. The van der Waals surface area contributed by atoms with Crippen molar-refractivity contribution in [3.8, 4) is 39.6 Å². The number of nitrogens with zero attached hydrogens (tertiary/aromatic N) is 4. The van der Waals surface area contributed by atoms with Crippen molar-refractivity contribution in [2.75, 3.05) is 9.80 Å². The van der Waals surface area contributed by atoms with E-state index in [2.05, 4.69) is 330 Å². The zero-order valence-electron chi connectivity index (χ0n) is 52.4. The Hall–Kier alpha value is -7.98. The van der Waals surface area contributed by atoms with Gasteiger partial charge in [-0.05, 0) is 132 Å². The van der Waals surface area contributed by atoms with Crippen LogP contribution in [0.3, 0.4) is 0 Å². The van der Waals surface area contributed by atoms with Gasteiger partial charge in [-0.2, -0.15) is 6.07 Å². The molecule has 0 saturated carbocycles. The average Bonchev–Trinajstić information content (AvgIpc) is 1.84. The molecular weight excluding hydrogens is 1230 g/mol. The van der Waals surface area contributed by atoms with E-state index in [1.165, 1.54) is 55.6 Å². The van der Waals surface area contributed by atoms with E-state index in [0.29, 0.717) is 11.5 Å². The predicted octanol–water partition coefficient (Wildman–Crippen LogP) is 21.8. The van der Waals surface area contributed by atoms with Crippen LogP contribution in [0.2, 0.25) is 0 Å². The minimum atomic E-state index is -0.309. The summed E-state index contributed by atoms with van der Waals surface area (Å²) in [5.41, 5.74) is 19.9. The number of hydrogen-bond acceptors (Lipinski definition) is 4. The van der Waals surface area contributed by atoms with Crippen LogP contribution in [0.1, 0.15) is 153 Å². The minimum absolute atomic E-state index is 0. The van der Waals surface area contributed by atoms with Gasteiger partial charge in [0.2, 0.25) is 0 Å². The van der Waals surface area contributed by atoms with Gasteiger partial charge in [0.05, 0.1) is 0 Å². The average molecular weight is 1310 g/mol. The van der Waals surface area contributed by atoms with Gasteiger partial charge in [-0.1, -0.05) is 236 Å².